The lowest BCUT2D eigenvalue weighted by Gasteiger charge is -2.63. The molecule has 3 saturated carbocycles. The Balaban J connectivity index is 1.42. The van der Waals surface area contributed by atoms with Crippen LogP contribution in [0.5, 0.6) is 0 Å². The Kier molecular flexibility index (Phi) is 6.83. The first-order chi connectivity index (χ1) is 16.5. The van der Waals surface area contributed by atoms with Gasteiger partial charge in [0.1, 0.15) is 0 Å². The third kappa shape index (κ3) is 4.17. The first-order valence-electron chi connectivity index (χ1n) is 14.5. The van der Waals surface area contributed by atoms with Crippen molar-refractivity contribution in [2.24, 2.45) is 28.1 Å². The fourth-order valence-corrected chi connectivity index (χ4v) is 11.2. The van der Waals surface area contributed by atoms with Gasteiger partial charge >= 0.3 is 0 Å². The Morgan fingerprint density at radius 3 is 2.33 bits per heavy atom. The highest BCUT2D eigenvalue weighted by atomic mass is 127. The fraction of sp³-hybridized carbons (Fsp3) is 0.933. The van der Waals surface area contributed by atoms with E-state index in [9.17, 15) is 5.11 Å². The fourth-order valence-electron chi connectivity index (χ4n) is 8.23. The molecule has 5 aliphatic rings. The van der Waals surface area contributed by atoms with Crippen molar-refractivity contribution in [2.45, 2.75) is 129 Å². The molecule has 1 heterocycles. The Labute approximate surface area is 235 Å². The summed E-state index contributed by atoms with van der Waals surface area (Å²) in [6.45, 7) is 20.2. The highest BCUT2D eigenvalue weighted by Gasteiger charge is 2.66. The molecule has 4 nitrogen and oxygen atoms in total. The zero-order chi connectivity index (χ0) is 26.4. The van der Waals surface area contributed by atoms with Crippen LogP contribution in [0, 0.1) is 28.1 Å². The van der Waals surface area contributed by atoms with E-state index in [0.29, 0.717) is 37.6 Å². The summed E-state index contributed by atoms with van der Waals surface area (Å²) in [6.07, 6.45) is 10.9. The van der Waals surface area contributed by atoms with E-state index in [1.54, 1.807) is 5.57 Å². The van der Waals surface area contributed by atoms with Crippen LogP contribution >= 0.6 is 22.6 Å². The van der Waals surface area contributed by atoms with Crippen molar-refractivity contribution in [1.29, 1.82) is 0 Å². The van der Waals surface area contributed by atoms with Crippen molar-refractivity contribution in [2.75, 3.05) is 17.6 Å². The van der Waals surface area contributed by atoms with Crippen molar-refractivity contribution in [1.82, 2.24) is 0 Å². The van der Waals surface area contributed by atoms with Crippen LogP contribution in [0.15, 0.2) is 11.6 Å². The van der Waals surface area contributed by atoms with Gasteiger partial charge in [0.15, 0.2) is 14.1 Å². The van der Waals surface area contributed by atoms with Crippen LogP contribution in [0.1, 0.15) is 92.9 Å². The summed E-state index contributed by atoms with van der Waals surface area (Å²) < 4.78 is 20.9. The SMILES string of the molecule is CC1(C)COC2(CC[C@]3(CI)C4=CC[C@]5(C)[C@@H](O[Si](C)(C)C(C)(C)C)CC[C@H]5C4CC[C@@]3(O)C2)OC1. The average Bonchev–Trinajstić information content (AvgIpc) is 3.10. The highest BCUT2D eigenvalue weighted by molar-refractivity contribution is 14.1. The van der Waals surface area contributed by atoms with Crippen molar-refractivity contribution in [3.63, 3.8) is 0 Å². The summed E-state index contributed by atoms with van der Waals surface area (Å²) >= 11 is 2.57. The molecular weight excluding hydrogens is 579 g/mol. The van der Waals surface area contributed by atoms with Gasteiger partial charge in [0.2, 0.25) is 0 Å². The molecule has 6 heteroatoms. The maximum atomic E-state index is 12.4. The largest absolute Gasteiger partial charge is 0.413 e. The van der Waals surface area contributed by atoms with Gasteiger partial charge in [-0.2, -0.15) is 0 Å². The predicted octanol–water partition coefficient (Wildman–Crippen LogP) is 7.64. The molecule has 36 heavy (non-hydrogen) atoms. The van der Waals surface area contributed by atoms with Gasteiger partial charge in [-0.1, -0.05) is 75.8 Å². The molecule has 0 bridgehead atoms. The van der Waals surface area contributed by atoms with Gasteiger partial charge in [0.05, 0.1) is 24.9 Å². The maximum Gasteiger partial charge on any atom is 0.192 e. The number of hydrogen-bond donors (Lipinski definition) is 1. The molecule has 0 radical (unpaired) electrons. The number of rotatable bonds is 3. The van der Waals surface area contributed by atoms with Crippen LogP contribution in [0.25, 0.3) is 0 Å². The molecular formula is C30H51IO4Si. The molecule has 1 unspecified atom stereocenters. The number of fused-ring (bicyclic) bond motifs is 5. The molecule has 0 amide bonds. The van der Waals surface area contributed by atoms with Crippen LogP contribution in [0.2, 0.25) is 18.1 Å². The van der Waals surface area contributed by atoms with Crippen molar-refractivity contribution >= 4 is 30.9 Å². The molecule has 4 fully saturated rings. The topological polar surface area (TPSA) is 47.9 Å². The first kappa shape index (κ1) is 28.1. The molecule has 1 spiro atoms. The average molecular weight is 631 g/mol. The van der Waals surface area contributed by atoms with Crippen LogP contribution < -0.4 is 0 Å². The molecule has 1 N–H and O–H groups in total. The summed E-state index contributed by atoms with van der Waals surface area (Å²) in [5, 5.41) is 12.6. The quantitative estimate of drug-likeness (QED) is 0.151. The van der Waals surface area contributed by atoms with Gasteiger partial charge in [0.25, 0.3) is 0 Å². The molecule has 4 aliphatic carbocycles. The molecule has 1 saturated heterocycles. The second kappa shape index (κ2) is 8.76. The van der Waals surface area contributed by atoms with Crippen molar-refractivity contribution < 1.29 is 19.0 Å². The van der Waals surface area contributed by atoms with Gasteiger partial charge in [-0.15, -0.1) is 0 Å². The van der Waals surface area contributed by atoms with E-state index in [4.69, 9.17) is 13.9 Å². The maximum absolute atomic E-state index is 12.4. The van der Waals surface area contributed by atoms with E-state index < -0.39 is 19.7 Å². The minimum Gasteiger partial charge on any atom is -0.413 e. The summed E-state index contributed by atoms with van der Waals surface area (Å²) in [5.74, 6) is 0.634. The Morgan fingerprint density at radius 1 is 1.06 bits per heavy atom. The lowest BCUT2D eigenvalue weighted by Crippen LogP contribution is -2.66. The third-order valence-electron chi connectivity index (χ3n) is 11.7. The molecule has 6 atom stereocenters. The van der Waals surface area contributed by atoms with E-state index in [2.05, 4.69) is 83.3 Å². The smallest absolute Gasteiger partial charge is 0.192 e. The number of ether oxygens (including phenoxy) is 2. The Bertz CT molecular complexity index is 899. The van der Waals surface area contributed by atoms with Gasteiger partial charge in [-0.05, 0) is 73.9 Å². The summed E-state index contributed by atoms with van der Waals surface area (Å²) in [5.41, 5.74) is 0.932. The zero-order valence-electron chi connectivity index (χ0n) is 24.1. The summed E-state index contributed by atoms with van der Waals surface area (Å²) in [4.78, 5) is 0. The molecule has 5 rings (SSSR count). The normalized spacial score (nSPS) is 43.9. The third-order valence-corrected chi connectivity index (χ3v) is 17.5. The van der Waals surface area contributed by atoms with Crippen LogP contribution in [0.3, 0.4) is 0 Å². The van der Waals surface area contributed by atoms with E-state index in [-0.39, 0.29) is 21.3 Å². The lowest BCUT2D eigenvalue weighted by atomic mass is 9.47. The number of allylic oxidation sites excluding steroid dienone is 1. The van der Waals surface area contributed by atoms with Crippen LogP contribution in [0.4, 0.5) is 0 Å². The number of aliphatic hydroxyl groups is 1. The minimum absolute atomic E-state index is 0.0468. The van der Waals surface area contributed by atoms with E-state index in [1.807, 2.05) is 0 Å². The van der Waals surface area contributed by atoms with Crippen molar-refractivity contribution in [3.05, 3.63) is 11.6 Å². The molecule has 0 aromatic rings. The predicted molar refractivity (Wildman–Crippen MR) is 157 cm³/mol. The summed E-state index contributed by atoms with van der Waals surface area (Å²) in [6, 6.07) is 0. The summed E-state index contributed by atoms with van der Waals surface area (Å²) in [7, 11) is -1.82. The van der Waals surface area contributed by atoms with Crippen molar-refractivity contribution in [3.8, 4) is 0 Å². The second-order valence-corrected chi connectivity index (χ2v) is 21.2. The Hall–Kier alpha value is 0.527. The molecule has 0 aromatic heterocycles. The van der Waals surface area contributed by atoms with Gasteiger partial charge in [-0.25, -0.2) is 0 Å². The first-order valence-corrected chi connectivity index (χ1v) is 18.9. The van der Waals surface area contributed by atoms with Gasteiger partial charge in [0, 0.05) is 28.1 Å². The molecule has 206 valence electrons. The lowest BCUT2D eigenvalue weighted by molar-refractivity contribution is -0.342. The standard InChI is InChI=1S/C30H51IO4Si/c1-25(2,3)36(7,8)35-24-10-9-22-21-11-14-29(32)17-30(33-19-26(4,5)20-34-30)16-15-28(29,18-31)23(21)12-13-27(22,24)6/h12,21-22,24,32H,9-11,13-20H2,1-8H3/t21?,22-,24-,27-,28-,29+/m0/s1. The number of hydrogen-bond acceptors (Lipinski definition) is 4. The number of halogens is 1. The Morgan fingerprint density at radius 2 is 1.72 bits per heavy atom. The minimum atomic E-state index is -1.82. The molecule has 1 aliphatic heterocycles. The van der Waals surface area contributed by atoms with Crippen LogP contribution in [-0.2, 0) is 13.9 Å². The van der Waals surface area contributed by atoms with Gasteiger partial charge < -0.3 is 19.0 Å². The van der Waals surface area contributed by atoms with Crippen LogP contribution in [-0.4, -0.2) is 48.6 Å². The second-order valence-electron chi connectivity index (χ2n) is 15.6. The molecule has 0 aromatic carbocycles. The highest BCUT2D eigenvalue weighted by Crippen LogP contribution is 2.68. The van der Waals surface area contributed by atoms with E-state index in [1.165, 1.54) is 12.8 Å². The zero-order valence-corrected chi connectivity index (χ0v) is 27.3. The number of alkyl halides is 1. The van der Waals surface area contributed by atoms with Gasteiger partial charge in [-0.3, -0.25) is 0 Å². The monoisotopic (exact) mass is 630 g/mol. The van der Waals surface area contributed by atoms with E-state index >= 15 is 0 Å². The van der Waals surface area contributed by atoms with E-state index in [0.717, 1.165) is 36.5 Å².